The van der Waals surface area contributed by atoms with Gasteiger partial charge in [-0.1, -0.05) is 20.8 Å². The van der Waals surface area contributed by atoms with E-state index in [-0.39, 0.29) is 24.6 Å². The zero-order chi connectivity index (χ0) is 20.6. The van der Waals surface area contributed by atoms with E-state index in [9.17, 15) is 4.79 Å². The lowest BCUT2D eigenvalue weighted by Crippen LogP contribution is -2.42. The van der Waals surface area contributed by atoms with Gasteiger partial charge in [0.2, 0.25) is 5.91 Å². The number of nitrogens with one attached hydrogen (secondary N) is 1. The fourth-order valence-corrected chi connectivity index (χ4v) is 5.57. The monoisotopic (exact) mass is 416 g/mol. The van der Waals surface area contributed by atoms with Crippen LogP contribution < -0.4 is 5.32 Å². The van der Waals surface area contributed by atoms with Crippen molar-refractivity contribution < 1.29 is 24.2 Å². The summed E-state index contributed by atoms with van der Waals surface area (Å²) in [5.41, 5.74) is 0.0707. The number of ether oxygens (including phenoxy) is 2. The molecule has 8 heteroatoms. The number of carbonyl (C=O) groups is 2. The van der Waals surface area contributed by atoms with Crippen LogP contribution in [0.2, 0.25) is 0 Å². The van der Waals surface area contributed by atoms with Crippen molar-refractivity contribution >= 4 is 24.1 Å². The van der Waals surface area contributed by atoms with E-state index in [1.807, 2.05) is 11.8 Å². The molecule has 3 rings (SSSR count). The second-order valence-corrected chi connectivity index (χ2v) is 9.83. The van der Waals surface area contributed by atoms with Gasteiger partial charge >= 0.3 is 0 Å². The molecule has 2 N–H and O–H groups in total. The van der Waals surface area contributed by atoms with Crippen molar-refractivity contribution in [2.75, 3.05) is 45.1 Å². The highest BCUT2D eigenvalue weighted by molar-refractivity contribution is 7.99. The SMILES string of the molecule is CCCOCC(=O)NC[C@H]1[C@H]2CN(CCSC(C)C)C[C@]23CC[C@H]1O3.O=CO. The number of likely N-dealkylation sites (tertiary alicyclic amines) is 1. The molecule has 0 aromatic carbocycles. The first-order valence-electron chi connectivity index (χ1n) is 10.4. The minimum Gasteiger partial charge on any atom is -0.483 e. The normalized spacial score (nSPS) is 30.8. The predicted molar refractivity (Wildman–Crippen MR) is 111 cm³/mol. The third-order valence-electron chi connectivity index (χ3n) is 5.83. The van der Waals surface area contributed by atoms with Gasteiger partial charge in [0.1, 0.15) is 6.61 Å². The zero-order valence-electron chi connectivity index (χ0n) is 17.4. The maximum Gasteiger partial charge on any atom is 0.290 e. The highest BCUT2D eigenvalue weighted by Crippen LogP contribution is 2.54. The minimum atomic E-state index is -0.250. The van der Waals surface area contributed by atoms with Crippen LogP contribution in [0.3, 0.4) is 0 Å². The molecule has 4 atom stereocenters. The van der Waals surface area contributed by atoms with Crippen molar-refractivity contribution in [3.05, 3.63) is 0 Å². The van der Waals surface area contributed by atoms with Crippen LogP contribution >= 0.6 is 11.8 Å². The average Bonchev–Trinajstić information content (AvgIpc) is 3.28. The Labute approximate surface area is 172 Å². The van der Waals surface area contributed by atoms with E-state index in [2.05, 4.69) is 31.0 Å². The molecule has 3 heterocycles. The summed E-state index contributed by atoms with van der Waals surface area (Å²) in [6, 6.07) is 0. The van der Waals surface area contributed by atoms with Gasteiger partial charge in [0.25, 0.3) is 6.47 Å². The molecule has 3 saturated heterocycles. The smallest absolute Gasteiger partial charge is 0.290 e. The molecule has 0 aromatic heterocycles. The number of carboxylic acid groups (broad SMARTS) is 1. The molecular formula is C20H36N2O5S. The Bertz CT molecular complexity index is 507. The predicted octanol–water partition coefficient (Wildman–Crippen LogP) is 1.85. The van der Waals surface area contributed by atoms with Gasteiger partial charge in [0.05, 0.1) is 11.7 Å². The highest BCUT2D eigenvalue weighted by Gasteiger charge is 2.62. The zero-order valence-corrected chi connectivity index (χ0v) is 18.2. The number of carbonyl (C=O) groups excluding carboxylic acids is 1. The molecular weight excluding hydrogens is 380 g/mol. The number of nitrogens with zero attached hydrogens (tertiary/aromatic N) is 1. The van der Waals surface area contributed by atoms with Gasteiger partial charge < -0.3 is 19.9 Å². The Morgan fingerprint density at radius 2 is 2.25 bits per heavy atom. The number of hydrogen-bond acceptors (Lipinski definition) is 6. The van der Waals surface area contributed by atoms with Gasteiger partial charge in [-0.3, -0.25) is 14.5 Å². The van der Waals surface area contributed by atoms with Crippen LogP contribution in [-0.4, -0.2) is 84.5 Å². The van der Waals surface area contributed by atoms with E-state index in [1.165, 1.54) is 12.2 Å². The number of thioether (sulfide) groups is 1. The summed E-state index contributed by atoms with van der Waals surface area (Å²) in [4.78, 5) is 22.9. The topological polar surface area (TPSA) is 88.1 Å². The van der Waals surface area contributed by atoms with E-state index in [4.69, 9.17) is 19.4 Å². The molecule has 2 bridgehead atoms. The standard InChI is InChI=1S/C19H34N2O3S.CH2O2/c1-4-8-23-12-18(22)20-10-15-16-11-21(7-9-25-14(2)3)13-19(16)6-5-17(15)24-19;2-1-3/h14-17H,4-13H2,1-3H3,(H,20,22);1H,(H,2,3)/t15-,16+,17+,19+;/m0./s1. The van der Waals surface area contributed by atoms with Crippen LogP contribution in [0, 0.1) is 11.8 Å². The lowest BCUT2D eigenvalue weighted by atomic mass is 9.73. The van der Waals surface area contributed by atoms with Crippen molar-refractivity contribution in [1.82, 2.24) is 10.2 Å². The van der Waals surface area contributed by atoms with Gasteiger partial charge in [-0.15, -0.1) is 0 Å². The Kier molecular flexibility index (Phi) is 9.53. The van der Waals surface area contributed by atoms with Gasteiger partial charge in [-0.05, 0) is 24.5 Å². The molecule has 3 aliphatic heterocycles. The summed E-state index contributed by atoms with van der Waals surface area (Å²) in [7, 11) is 0. The van der Waals surface area contributed by atoms with E-state index >= 15 is 0 Å². The maximum atomic E-state index is 12.0. The first kappa shape index (κ1) is 23.4. The van der Waals surface area contributed by atoms with E-state index in [0.717, 1.165) is 39.0 Å². The molecule has 0 unspecified atom stereocenters. The fraction of sp³-hybridized carbons (Fsp3) is 0.900. The second-order valence-electron chi connectivity index (χ2n) is 8.15. The quantitative estimate of drug-likeness (QED) is 0.415. The summed E-state index contributed by atoms with van der Waals surface area (Å²) in [5.74, 6) is 2.24. The molecule has 162 valence electrons. The number of rotatable bonds is 10. The molecule has 1 spiro atoms. The summed E-state index contributed by atoms with van der Waals surface area (Å²) in [6.07, 6.45) is 3.63. The Hall–Kier alpha value is -0.830. The molecule has 0 aromatic rings. The Morgan fingerprint density at radius 3 is 2.93 bits per heavy atom. The van der Waals surface area contributed by atoms with E-state index in [1.54, 1.807) is 0 Å². The fourth-order valence-electron chi connectivity index (χ4n) is 4.74. The molecule has 1 amide bonds. The van der Waals surface area contributed by atoms with Crippen molar-refractivity contribution in [2.24, 2.45) is 11.8 Å². The van der Waals surface area contributed by atoms with Crippen LogP contribution in [-0.2, 0) is 19.1 Å². The molecule has 3 fully saturated rings. The second kappa shape index (κ2) is 11.4. The lowest BCUT2D eigenvalue weighted by molar-refractivity contribution is -0.126. The molecule has 0 aliphatic carbocycles. The maximum absolute atomic E-state index is 12.0. The Morgan fingerprint density at radius 1 is 1.50 bits per heavy atom. The van der Waals surface area contributed by atoms with Crippen molar-refractivity contribution in [3.63, 3.8) is 0 Å². The lowest BCUT2D eigenvalue weighted by Gasteiger charge is -2.29. The largest absolute Gasteiger partial charge is 0.483 e. The molecule has 7 nitrogen and oxygen atoms in total. The van der Waals surface area contributed by atoms with Crippen molar-refractivity contribution in [1.29, 1.82) is 0 Å². The third-order valence-corrected chi connectivity index (χ3v) is 6.91. The minimum absolute atomic E-state index is 0.00783. The van der Waals surface area contributed by atoms with Crippen LogP contribution in [0.15, 0.2) is 0 Å². The number of amides is 1. The molecule has 28 heavy (non-hydrogen) atoms. The number of hydrogen-bond donors (Lipinski definition) is 2. The van der Waals surface area contributed by atoms with E-state index < -0.39 is 0 Å². The average molecular weight is 417 g/mol. The summed E-state index contributed by atoms with van der Waals surface area (Å²) in [5, 5.41) is 10.7. The van der Waals surface area contributed by atoms with Crippen molar-refractivity contribution in [3.8, 4) is 0 Å². The first-order chi connectivity index (χ1) is 13.5. The summed E-state index contributed by atoms with van der Waals surface area (Å²) < 4.78 is 11.8. The summed E-state index contributed by atoms with van der Waals surface area (Å²) >= 11 is 2.03. The Balaban J connectivity index is 0.000000878. The van der Waals surface area contributed by atoms with Gasteiger partial charge in [-0.2, -0.15) is 11.8 Å². The third kappa shape index (κ3) is 6.08. The van der Waals surface area contributed by atoms with Crippen LogP contribution in [0.1, 0.15) is 40.0 Å². The molecule has 0 radical (unpaired) electrons. The van der Waals surface area contributed by atoms with Crippen LogP contribution in [0.25, 0.3) is 0 Å². The first-order valence-corrected chi connectivity index (χ1v) is 11.4. The van der Waals surface area contributed by atoms with Crippen molar-refractivity contribution in [2.45, 2.75) is 57.0 Å². The summed E-state index contributed by atoms with van der Waals surface area (Å²) in [6.45, 7) is 11.2. The molecule has 3 aliphatic rings. The van der Waals surface area contributed by atoms with Gasteiger partial charge in [0, 0.05) is 50.4 Å². The van der Waals surface area contributed by atoms with E-state index in [0.29, 0.717) is 29.8 Å². The molecule has 0 saturated carbocycles. The van der Waals surface area contributed by atoms with Gasteiger partial charge in [0.15, 0.2) is 0 Å². The highest BCUT2D eigenvalue weighted by atomic mass is 32.2. The number of fused-ring (bicyclic) bond motifs is 1. The van der Waals surface area contributed by atoms with Crippen LogP contribution in [0.5, 0.6) is 0 Å². The van der Waals surface area contributed by atoms with Gasteiger partial charge in [-0.25, -0.2) is 0 Å². The van der Waals surface area contributed by atoms with Crippen LogP contribution in [0.4, 0.5) is 0 Å².